The molecule has 0 unspecified atom stereocenters. The van der Waals surface area contributed by atoms with Gasteiger partial charge in [-0.25, -0.2) is 0 Å². The number of hydrogen-bond acceptors (Lipinski definition) is 2. The Bertz CT molecular complexity index is 461. The third-order valence-corrected chi connectivity index (χ3v) is 3.91. The molecule has 1 fully saturated rings. The lowest BCUT2D eigenvalue weighted by atomic mass is 10.2. The Morgan fingerprint density at radius 2 is 2.19 bits per heavy atom. The molecule has 3 nitrogen and oxygen atoms in total. The minimum absolute atomic E-state index is 0.0687. The molecule has 1 aromatic rings. The number of amides is 2. The summed E-state index contributed by atoms with van der Waals surface area (Å²) in [4.78, 5) is 24.9. The Balaban J connectivity index is 2.33. The van der Waals surface area contributed by atoms with Crippen molar-refractivity contribution in [1.29, 1.82) is 0 Å². The van der Waals surface area contributed by atoms with Gasteiger partial charge in [0, 0.05) is 21.0 Å². The second-order valence-corrected chi connectivity index (χ2v) is 5.66. The molecule has 1 saturated heterocycles. The van der Waals surface area contributed by atoms with E-state index in [1.54, 1.807) is 6.07 Å². The Labute approximate surface area is 115 Å². The van der Waals surface area contributed by atoms with Gasteiger partial charge in [-0.05, 0) is 47.2 Å². The van der Waals surface area contributed by atoms with Crippen LogP contribution in [0.2, 0.25) is 0 Å². The Hall–Kier alpha value is -0.430. The lowest BCUT2D eigenvalue weighted by Crippen LogP contribution is -2.32. The summed E-state index contributed by atoms with van der Waals surface area (Å²) >= 11 is 5.44. The van der Waals surface area contributed by atoms with Crippen molar-refractivity contribution in [3.05, 3.63) is 31.8 Å². The van der Waals surface area contributed by atoms with Crippen LogP contribution in [0.15, 0.2) is 22.7 Å². The van der Waals surface area contributed by atoms with E-state index in [9.17, 15) is 9.59 Å². The number of likely N-dealkylation sites (tertiary alicyclic amines) is 1. The van der Waals surface area contributed by atoms with E-state index in [0.717, 1.165) is 14.5 Å². The highest BCUT2D eigenvalue weighted by atomic mass is 127. The summed E-state index contributed by atoms with van der Waals surface area (Å²) in [6, 6.07) is 5.50. The fourth-order valence-electron chi connectivity index (χ4n) is 1.67. The normalized spacial score (nSPS) is 15.6. The van der Waals surface area contributed by atoms with E-state index in [1.807, 2.05) is 12.1 Å². The summed E-state index contributed by atoms with van der Waals surface area (Å²) in [6.45, 7) is 0.542. The minimum Gasteiger partial charge on any atom is -0.278 e. The summed E-state index contributed by atoms with van der Waals surface area (Å²) in [5.74, 6) is -0.256. The first kappa shape index (κ1) is 12.0. The number of hydrogen-bond donors (Lipinski definition) is 0. The van der Waals surface area contributed by atoms with Crippen LogP contribution in [-0.4, -0.2) is 23.3 Å². The fraction of sp³-hybridized carbons (Fsp3) is 0.273. The molecule has 0 spiro atoms. The summed E-state index contributed by atoms with van der Waals surface area (Å²) < 4.78 is 1.72. The van der Waals surface area contributed by atoms with Gasteiger partial charge < -0.3 is 0 Å². The van der Waals surface area contributed by atoms with Crippen molar-refractivity contribution in [1.82, 2.24) is 4.90 Å². The van der Waals surface area contributed by atoms with Gasteiger partial charge in [0.25, 0.3) is 5.91 Å². The number of imide groups is 1. The van der Waals surface area contributed by atoms with Gasteiger partial charge in [-0.15, -0.1) is 0 Å². The number of carbonyl (C=O) groups excluding carboxylic acids is 2. The highest BCUT2D eigenvalue weighted by Crippen LogP contribution is 2.22. The van der Waals surface area contributed by atoms with Crippen LogP contribution in [0.1, 0.15) is 23.2 Å². The zero-order chi connectivity index (χ0) is 11.7. The molecule has 1 heterocycles. The van der Waals surface area contributed by atoms with Crippen molar-refractivity contribution >= 4 is 50.3 Å². The second kappa shape index (κ2) is 4.83. The van der Waals surface area contributed by atoms with Crippen molar-refractivity contribution in [3.63, 3.8) is 0 Å². The molecule has 0 aromatic heterocycles. The van der Waals surface area contributed by atoms with E-state index in [1.165, 1.54) is 4.90 Å². The molecule has 16 heavy (non-hydrogen) atoms. The van der Waals surface area contributed by atoms with Crippen LogP contribution < -0.4 is 0 Å². The maximum Gasteiger partial charge on any atom is 0.261 e. The molecule has 1 aliphatic heterocycles. The molecule has 0 N–H and O–H groups in total. The standard InChI is InChI=1S/C11H9BrINO2/c12-7-3-4-9(13)8(6-7)11(16)14-5-1-2-10(14)15/h3-4,6H,1-2,5H2. The van der Waals surface area contributed by atoms with E-state index in [0.29, 0.717) is 18.5 Å². The predicted octanol–water partition coefficient (Wildman–Crippen LogP) is 2.82. The molecule has 1 aliphatic rings. The van der Waals surface area contributed by atoms with Crippen LogP contribution in [0.25, 0.3) is 0 Å². The van der Waals surface area contributed by atoms with E-state index < -0.39 is 0 Å². The number of benzene rings is 1. The molecular weight excluding hydrogens is 385 g/mol. The van der Waals surface area contributed by atoms with Crippen molar-refractivity contribution in [2.75, 3.05) is 6.54 Å². The van der Waals surface area contributed by atoms with Gasteiger partial charge in [0.1, 0.15) is 0 Å². The van der Waals surface area contributed by atoms with Gasteiger partial charge in [0.15, 0.2) is 0 Å². The maximum absolute atomic E-state index is 12.1. The molecule has 84 valence electrons. The molecule has 0 aliphatic carbocycles. The first-order valence-electron chi connectivity index (χ1n) is 4.89. The van der Waals surface area contributed by atoms with Crippen molar-refractivity contribution in [3.8, 4) is 0 Å². The predicted molar refractivity (Wildman–Crippen MR) is 72.1 cm³/mol. The Morgan fingerprint density at radius 1 is 1.44 bits per heavy atom. The van der Waals surface area contributed by atoms with Gasteiger partial charge in [-0.2, -0.15) is 0 Å². The number of rotatable bonds is 1. The summed E-state index contributed by atoms with van der Waals surface area (Å²) in [5.41, 5.74) is 0.588. The zero-order valence-corrected chi connectivity index (χ0v) is 12.1. The summed E-state index contributed by atoms with van der Waals surface area (Å²) in [6.07, 6.45) is 1.26. The third kappa shape index (κ3) is 2.29. The van der Waals surface area contributed by atoms with Crippen LogP contribution in [0, 0.1) is 3.57 Å². The number of carbonyl (C=O) groups is 2. The first-order valence-corrected chi connectivity index (χ1v) is 6.76. The molecular formula is C11H9BrINO2. The smallest absolute Gasteiger partial charge is 0.261 e. The SMILES string of the molecule is O=C1CCCN1C(=O)c1cc(Br)ccc1I. The average molecular weight is 394 g/mol. The fourth-order valence-corrected chi connectivity index (χ4v) is 2.60. The van der Waals surface area contributed by atoms with Crippen LogP contribution in [0.4, 0.5) is 0 Å². The molecule has 2 rings (SSSR count). The van der Waals surface area contributed by atoms with Gasteiger partial charge in [0.05, 0.1) is 5.56 Å². The average Bonchev–Trinajstić information content (AvgIpc) is 2.67. The molecule has 1 aromatic carbocycles. The Kier molecular flexibility index (Phi) is 3.63. The lowest BCUT2D eigenvalue weighted by Gasteiger charge is -2.14. The molecule has 0 atom stereocenters. The molecule has 2 amide bonds. The molecule has 0 bridgehead atoms. The summed E-state index contributed by atoms with van der Waals surface area (Å²) in [7, 11) is 0. The third-order valence-electron chi connectivity index (χ3n) is 2.48. The van der Waals surface area contributed by atoms with Crippen LogP contribution in [-0.2, 0) is 4.79 Å². The van der Waals surface area contributed by atoms with Gasteiger partial charge in [0.2, 0.25) is 5.91 Å². The van der Waals surface area contributed by atoms with Crippen molar-refractivity contribution in [2.24, 2.45) is 0 Å². The van der Waals surface area contributed by atoms with Crippen molar-refractivity contribution < 1.29 is 9.59 Å². The van der Waals surface area contributed by atoms with Gasteiger partial charge in [-0.1, -0.05) is 15.9 Å². The van der Waals surface area contributed by atoms with Gasteiger partial charge in [-0.3, -0.25) is 14.5 Å². The van der Waals surface area contributed by atoms with Crippen LogP contribution >= 0.6 is 38.5 Å². The summed E-state index contributed by atoms with van der Waals surface area (Å²) in [5, 5.41) is 0. The van der Waals surface area contributed by atoms with Crippen molar-refractivity contribution in [2.45, 2.75) is 12.8 Å². The van der Waals surface area contributed by atoms with E-state index >= 15 is 0 Å². The quantitative estimate of drug-likeness (QED) is 0.543. The van der Waals surface area contributed by atoms with Gasteiger partial charge >= 0.3 is 0 Å². The van der Waals surface area contributed by atoms with Crippen LogP contribution in [0.3, 0.4) is 0 Å². The van der Waals surface area contributed by atoms with E-state index in [-0.39, 0.29) is 11.8 Å². The van der Waals surface area contributed by atoms with E-state index in [2.05, 4.69) is 38.5 Å². The first-order chi connectivity index (χ1) is 7.59. The van der Waals surface area contributed by atoms with E-state index in [4.69, 9.17) is 0 Å². The molecule has 5 heteroatoms. The monoisotopic (exact) mass is 393 g/mol. The highest BCUT2D eigenvalue weighted by molar-refractivity contribution is 14.1. The topological polar surface area (TPSA) is 37.4 Å². The number of nitrogens with zero attached hydrogens (tertiary/aromatic N) is 1. The van der Waals surface area contributed by atoms with Crippen LogP contribution in [0.5, 0.6) is 0 Å². The maximum atomic E-state index is 12.1. The largest absolute Gasteiger partial charge is 0.278 e. The second-order valence-electron chi connectivity index (χ2n) is 3.58. The molecule has 0 radical (unpaired) electrons. The molecule has 0 saturated carbocycles. The Morgan fingerprint density at radius 3 is 2.81 bits per heavy atom. The lowest BCUT2D eigenvalue weighted by molar-refractivity contribution is -0.125. The number of halogens is 2. The minimum atomic E-state index is -0.187. The zero-order valence-electron chi connectivity index (χ0n) is 8.37. The highest BCUT2D eigenvalue weighted by Gasteiger charge is 2.28.